The molecule has 0 saturated heterocycles. The van der Waals surface area contributed by atoms with Gasteiger partial charge in [0.15, 0.2) is 0 Å². The monoisotopic (exact) mass is 278 g/mol. The predicted octanol–water partition coefficient (Wildman–Crippen LogP) is 3.83. The van der Waals surface area contributed by atoms with Gasteiger partial charge in [0.25, 0.3) is 0 Å². The first-order valence-electron chi connectivity index (χ1n) is 6.84. The Morgan fingerprint density at radius 3 is 2.68 bits per heavy atom. The van der Waals surface area contributed by atoms with E-state index >= 15 is 0 Å². The average Bonchev–Trinajstić information content (AvgIpc) is 2.84. The molecule has 0 fully saturated rings. The fourth-order valence-corrected chi connectivity index (χ4v) is 2.48. The van der Waals surface area contributed by atoms with Crippen molar-refractivity contribution in [2.24, 2.45) is 11.8 Å². The van der Waals surface area contributed by atoms with Gasteiger partial charge in [0.2, 0.25) is 5.95 Å². The summed E-state index contributed by atoms with van der Waals surface area (Å²) in [6.07, 6.45) is 0. The van der Waals surface area contributed by atoms with Crippen LogP contribution in [0.15, 0.2) is 11.4 Å². The lowest BCUT2D eigenvalue weighted by Gasteiger charge is -2.17. The standard InChI is InChI=1S/C14H22N4S/c1-5-15-14-17-12(16-8-10(4)9(2)3)11-6-7-19-13(11)18-14/h6-7,9-10H,5,8H2,1-4H3,(H2,15,16,17,18). The van der Waals surface area contributed by atoms with E-state index < -0.39 is 0 Å². The number of aromatic nitrogens is 2. The molecule has 0 amide bonds. The highest BCUT2D eigenvalue weighted by molar-refractivity contribution is 7.16. The zero-order chi connectivity index (χ0) is 13.8. The predicted molar refractivity (Wildman–Crippen MR) is 84.1 cm³/mol. The van der Waals surface area contributed by atoms with E-state index in [4.69, 9.17) is 0 Å². The molecule has 0 spiro atoms. The Kier molecular flexibility index (Phi) is 4.58. The summed E-state index contributed by atoms with van der Waals surface area (Å²) in [7, 11) is 0. The molecule has 2 rings (SSSR count). The Morgan fingerprint density at radius 2 is 2.00 bits per heavy atom. The van der Waals surface area contributed by atoms with Gasteiger partial charge in [-0.25, -0.2) is 4.98 Å². The van der Waals surface area contributed by atoms with Gasteiger partial charge in [0.1, 0.15) is 10.6 Å². The molecule has 0 saturated carbocycles. The molecule has 2 heterocycles. The summed E-state index contributed by atoms with van der Waals surface area (Å²) >= 11 is 1.65. The van der Waals surface area contributed by atoms with Gasteiger partial charge in [-0.3, -0.25) is 0 Å². The largest absolute Gasteiger partial charge is 0.369 e. The van der Waals surface area contributed by atoms with Crippen LogP contribution in [0.5, 0.6) is 0 Å². The Labute approximate surface area is 118 Å². The average molecular weight is 278 g/mol. The van der Waals surface area contributed by atoms with Gasteiger partial charge >= 0.3 is 0 Å². The van der Waals surface area contributed by atoms with Crippen LogP contribution in [0.3, 0.4) is 0 Å². The minimum Gasteiger partial charge on any atom is -0.369 e. The second kappa shape index (κ2) is 6.19. The molecular formula is C14H22N4S. The fraction of sp³-hybridized carbons (Fsp3) is 0.571. The van der Waals surface area contributed by atoms with E-state index in [2.05, 4.69) is 59.7 Å². The fourth-order valence-electron chi connectivity index (χ4n) is 1.72. The second-order valence-corrected chi connectivity index (χ2v) is 6.06. The molecule has 0 bridgehead atoms. The molecule has 2 aromatic heterocycles. The number of rotatable bonds is 6. The van der Waals surface area contributed by atoms with E-state index in [1.165, 1.54) is 0 Å². The van der Waals surface area contributed by atoms with Crippen molar-refractivity contribution >= 4 is 33.3 Å². The highest BCUT2D eigenvalue weighted by Crippen LogP contribution is 2.26. The molecule has 0 aliphatic heterocycles. The number of hydrogen-bond donors (Lipinski definition) is 2. The molecule has 1 unspecified atom stereocenters. The normalized spacial score (nSPS) is 12.9. The summed E-state index contributed by atoms with van der Waals surface area (Å²) in [5, 5.41) is 9.83. The maximum absolute atomic E-state index is 4.57. The number of thiophene rings is 1. The van der Waals surface area contributed by atoms with E-state index in [-0.39, 0.29) is 0 Å². The van der Waals surface area contributed by atoms with E-state index in [1.807, 2.05) is 0 Å². The molecule has 0 aliphatic rings. The van der Waals surface area contributed by atoms with Crippen molar-refractivity contribution in [3.63, 3.8) is 0 Å². The molecule has 2 N–H and O–H groups in total. The van der Waals surface area contributed by atoms with Crippen LogP contribution in [0.25, 0.3) is 10.2 Å². The summed E-state index contributed by atoms with van der Waals surface area (Å²) in [6.45, 7) is 10.6. The van der Waals surface area contributed by atoms with E-state index in [0.717, 1.165) is 29.1 Å². The zero-order valence-electron chi connectivity index (χ0n) is 12.0. The number of nitrogens with zero attached hydrogens (tertiary/aromatic N) is 2. The molecule has 2 aromatic rings. The number of fused-ring (bicyclic) bond motifs is 1. The van der Waals surface area contributed by atoms with Crippen LogP contribution >= 0.6 is 11.3 Å². The number of anilines is 2. The van der Waals surface area contributed by atoms with Crippen molar-refractivity contribution in [1.82, 2.24) is 9.97 Å². The van der Waals surface area contributed by atoms with Gasteiger partial charge in [-0.05, 0) is 30.2 Å². The van der Waals surface area contributed by atoms with Crippen LogP contribution in [-0.2, 0) is 0 Å². The van der Waals surface area contributed by atoms with Gasteiger partial charge in [-0.1, -0.05) is 20.8 Å². The molecule has 0 radical (unpaired) electrons. The van der Waals surface area contributed by atoms with E-state index in [0.29, 0.717) is 17.8 Å². The van der Waals surface area contributed by atoms with Crippen LogP contribution in [0.2, 0.25) is 0 Å². The maximum atomic E-state index is 4.57. The van der Waals surface area contributed by atoms with Crippen molar-refractivity contribution in [3.8, 4) is 0 Å². The number of nitrogens with one attached hydrogen (secondary N) is 2. The SMILES string of the molecule is CCNc1nc(NCC(C)C(C)C)c2ccsc2n1. The lowest BCUT2D eigenvalue weighted by atomic mass is 9.98. The Morgan fingerprint density at radius 1 is 1.21 bits per heavy atom. The van der Waals surface area contributed by atoms with E-state index in [1.54, 1.807) is 11.3 Å². The summed E-state index contributed by atoms with van der Waals surface area (Å²) in [6, 6.07) is 2.08. The van der Waals surface area contributed by atoms with Crippen molar-refractivity contribution in [2.45, 2.75) is 27.7 Å². The first-order chi connectivity index (χ1) is 9.11. The van der Waals surface area contributed by atoms with Crippen molar-refractivity contribution in [1.29, 1.82) is 0 Å². The number of hydrogen-bond acceptors (Lipinski definition) is 5. The molecule has 0 aliphatic carbocycles. The molecule has 4 nitrogen and oxygen atoms in total. The zero-order valence-corrected chi connectivity index (χ0v) is 12.8. The van der Waals surface area contributed by atoms with Crippen LogP contribution in [-0.4, -0.2) is 23.1 Å². The maximum Gasteiger partial charge on any atom is 0.226 e. The highest BCUT2D eigenvalue weighted by atomic mass is 32.1. The van der Waals surface area contributed by atoms with Crippen LogP contribution in [0, 0.1) is 11.8 Å². The van der Waals surface area contributed by atoms with Gasteiger partial charge in [0, 0.05) is 13.1 Å². The Hall–Kier alpha value is -1.36. The lowest BCUT2D eigenvalue weighted by Crippen LogP contribution is -2.17. The minimum absolute atomic E-state index is 0.617. The van der Waals surface area contributed by atoms with Gasteiger partial charge in [-0.2, -0.15) is 4.98 Å². The van der Waals surface area contributed by atoms with E-state index in [9.17, 15) is 0 Å². The van der Waals surface area contributed by atoms with Crippen molar-refractivity contribution in [2.75, 3.05) is 23.7 Å². The first kappa shape index (κ1) is 14.1. The molecular weight excluding hydrogens is 256 g/mol. The minimum atomic E-state index is 0.617. The summed E-state index contributed by atoms with van der Waals surface area (Å²) in [5.74, 6) is 2.93. The molecule has 0 aromatic carbocycles. The van der Waals surface area contributed by atoms with Crippen molar-refractivity contribution < 1.29 is 0 Å². The second-order valence-electron chi connectivity index (χ2n) is 5.17. The quantitative estimate of drug-likeness (QED) is 0.843. The first-order valence-corrected chi connectivity index (χ1v) is 7.72. The Bertz CT molecular complexity index is 535. The molecule has 5 heteroatoms. The Balaban J connectivity index is 2.22. The molecule has 104 valence electrons. The van der Waals surface area contributed by atoms with Gasteiger partial charge in [0.05, 0.1) is 5.39 Å². The third kappa shape index (κ3) is 3.35. The summed E-state index contributed by atoms with van der Waals surface area (Å²) < 4.78 is 0. The third-order valence-electron chi connectivity index (χ3n) is 3.39. The van der Waals surface area contributed by atoms with Crippen LogP contribution < -0.4 is 10.6 Å². The van der Waals surface area contributed by atoms with Crippen LogP contribution in [0.4, 0.5) is 11.8 Å². The molecule has 19 heavy (non-hydrogen) atoms. The third-order valence-corrected chi connectivity index (χ3v) is 4.20. The summed E-state index contributed by atoms with van der Waals surface area (Å²) in [5.41, 5.74) is 0. The van der Waals surface area contributed by atoms with Gasteiger partial charge in [-0.15, -0.1) is 11.3 Å². The highest BCUT2D eigenvalue weighted by Gasteiger charge is 2.11. The smallest absolute Gasteiger partial charge is 0.226 e. The van der Waals surface area contributed by atoms with Gasteiger partial charge < -0.3 is 10.6 Å². The summed E-state index contributed by atoms with van der Waals surface area (Å²) in [4.78, 5) is 10.1. The lowest BCUT2D eigenvalue weighted by molar-refractivity contribution is 0.439. The van der Waals surface area contributed by atoms with Crippen LogP contribution in [0.1, 0.15) is 27.7 Å². The topological polar surface area (TPSA) is 49.8 Å². The molecule has 1 atom stereocenters. The van der Waals surface area contributed by atoms with Crippen molar-refractivity contribution in [3.05, 3.63) is 11.4 Å².